The van der Waals surface area contributed by atoms with Gasteiger partial charge < -0.3 is 0 Å². The molecule has 2 nitrogen and oxygen atoms in total. The Kier molecular flexibility index (Phi) is 7.33. The van der Waals surface area contributed by atoms with Crippen LogP contribution in [-0.2, 0) is 12.4 Å². The van der Waals surface area contributed by atoms with Gasteiger partial charge >= 0.3 is 12.4 Å². The van der Waals surface area contributed by atoms with Gasteiger partial charge in [0.25, 0.3) is 0 Å². The standard InChI is InChI=1S/C50H32F6N2PSi2/c1-59(2,35-25-29(49(51,52)53)27-43-45(35)47-41(21-11-23-57-47)60(43)37-17-7-3-13-31(37)32-14-4-8-18-38(32)60)36-26-30(50(54,55)56)28-44-46(36)48-42(22-12-24-58-48)61(44)39-19-9-5-15-33(39)34-16-6-10-20-40(34)61/h3-28H,1-2H3/q+1. The third-order valence-electron chi connectivity index (χ3n) is 13.7. The quantitative estimate of drug-likeness (QED) is 0.114. The highest BCUT2D eigenvalue weighted by Crippen LogP contribution is 2.55. The highest BCUT2D eigenvalue weighted by molar-refractivity contribution is 7.88. The second kappa shape index (κ2) is 12.1. The SMILES string of the molecule is C[P+](C)(c1cc(C(F)(F)F)cc2c1-c1ncccc1[Si]21c2ccccc2-c2ccccc21)c1cc(C(F)(F)F)cc2c1-c1ncccc1[Si]21c2ccccc2-c2ccccc21. The lowest BCUT2D eigenvalue weighted by Gasteiger charge is -2.30. The molecule has 0 fully saturated rings. The van der Waals surface area contributed by atoms with Crippen molar-refractivity contribution in [1.29, 1.82) is 0 Å². The van der Waals surface area contributed by atoms with Gasteiger partial charge in [-0.15, -0.1) is 0 Å². The molecule has 12 rings (SSSR count). The number of aromatic nitrogens is 2. The lowest BCUT2D eigenvalue weighted by molar-refractivity contribution is -0.138. The molecule has 2 aromatic heterocycles. The summed E-state index contributed by atoms with van der Waals surface area (Å²) in [5.41, 5.74) is 4.68. The molecular formula is C50H32F6N2PSi2+. The van der Waals surface area contributed by atoms with Gasteiger partial charge in [0.15, 0.2) is 16.1 Å². The molecule has 4 aliphatic heterocycles. The highest BCUT2D eigenvalue weighted by Gasteiger charge is 2.60. The number of fused-ring (bicyclic) bond motifs is 20. The molecule has 4 aliphatic rings. The van der Waals surface area contributed by atoms with E-state index in [4.69, 9.17) is 9.97 Å². The lowest BCUT2D eigenvalue weighted by atomic mass is 10.1. The maximum absolute atomic E-state index is 15.6. The third-order valence-corrected chi connectivity index (χ3v) is 26.6. The Bertz CT molecular complexity index is 2940. The molecule has 296 valence electrons. The van der Waals surface area contributed by atoms with Crippen molar-refractivity contribution >= 4 is 75.5 Å². The zero-order chi connectivity index (χ0) is 41.8. The van der Waals surface area contributed by atoms with Crippen LogP contribution in [0.3, 0.4) is 0 Å². The summed E-state index contributed by atoms with van der Waals surface area (Å²) in [7, 11) is -10.1. The molecule has 0 saturated carbocycles. The van der Waals surface area contributed by atoms with Gasteiger partial charge in [0, 0.05) is 23.5 Å². The smallest absolute Gasteiger partial charge is 0.256 e. The molecule has 0 N–H and O–H groups in total. The molecule has 2 spiro atoms. The van der Waals surface area contributed by atoms with E-state index in [1.165, 1.54) is 24.3 Å². The maximum atomic E-state index is 15.6. The molecule has 8 aromatic rings. The summed E-state index contributed by atoms with van der Waals surface area (Å²) >= 11 is 0. The van der Waals surface area contributed by atoms with Crippen LogP contribution in [0.2, 0.25) is 0 Å². The molecular weight excluding hydrogens is 830 g/mol. The van der Waals surface area contributed by atoms with Crippen molar-refractivity contribution in [3.63, 3.8) is 0 Å². The molecule has 0 atom stereocenters. The van der Waals surface area contributed by atoms with Crippen molar-refractivity contribution in [3.05, 3.63) is 169 Å². The maximum Gasteiger partial charge on any atom is 0.416 e. The summed E-state index contributed by atoms with van der Waals surface area (Å²) in [6.07, 6.45) is -6.17. The zero-order valence-electron chi connectivity index (χ0n) is 32.6. The van der Waals surface area contributed by atoms with Crippen LogP contribution in [0.1, 0.15) is 11.1 Å². The summed E-state index contributed by atoms with van der Waals surface area (Å²) < 4.78 is 93.6. The van der Waals surface area contributed by atoms with Crippen molar-refractivity contribution in [2.75, 3.05) is 13.3 Å². The molecule has 0 radical (unpaired) electrons. The molecule has 11 heteroatoms. The first-order valence-electron chi connectivity index (χ1n) is 20.0. The predicted molar refractivity (Wildman–Crippen MR) is 240 cm³/mol. The van der Waals surface area contributed by atoms with Crippen LogP contribution in [0.25, 0.3) is 44.8 Å². The fraction of sp³-hybridized carbons (Fsp3) is 0.0800. The van der Waals surface area contributed by atoms with Crippen molar-refractivity contribution < 1.29 is 26.3 Å². The fourth-order valence-electron chi connectivity index (χ4n) is 11.4. The van der Waals surface area contributed by atoms with E-state index in [2.05, 4.69) is 0 Å². The molecule has 0 amide bonds. The van der Waals surface area contributed by atoms with Crippen LogP contribution in [0.15, 0.2) is 158 Å². The van der Waals surface area contributed by atoms with E-state index in [0.29, 0.717) is 43.5 Å². The minimum absolute atomic E-state index is 0.386. The highest BCUT2D eigenvalue weighted by atomic mass is 31.2. The van der Waals surface area contributed by atoms with Crippen LogP contribution in [0, 0.1) is 0 Å². The van der Waals surface area contributed by atoms with Crippen molar-refractivity contribution in [1.82, 2.24) is 9.97 Å². The Balaban J connectivity index is 1.23. The Hall–Kier alpha value is -5.94. The predicted octanol–water partition coefficient (Wildman–Crippen LogP) is 6.42. The van der Waals surface area contributed by atoms with Crippen molar-refractivity contribution in [2.24, 2.45) is 0 Å². The van der Waals surface area contributed by atoms with Gasteiger partial charge in [-0.1, -0.05) is 109 Å². The fourth-order valence-corrected chi connectivity index (χ4v) is 25.5. The van der Waals surface area contributed by atoms with E-state index < -0.39 is 46.9 Å². The van der Waals surface area contributed by atoms with Gasteiger partial charge in [-0.25, -0.2) is 0 Å². The number of rotatable bonds is 2. The summed E-state index contributed by atoms with van der Waals surface area (Å²) in [5.74, 6) is 0. The molecule has 6 heterocycles. The largest absolute Gasteiger partial charge is 0.416 e. The minimum atomic E-state index is -4.75. The molecule has 61 heavy (non-hydrogen) atoms. The normalized spacial score (nSPS) is 15.5. The number of pyridine rings is 2. The van der Waals surface area contributed by atoms with Crippen molar-refractivity contribution in [2.45, 2.75) is 12.4 Å². The van der Waals surface area contributed by atoms with E-state index in [-0.39, 0.29) is 0 Å². The van der Waals surface area contributed by atoms with Crippen LogP contribution in [0.4, 0.5) is 26.3 Å². The topological polar surface area (TPSA) is 25.8 Å². The molecule has 0 aliphatic carbocycles. The van der Waals surface area contributed by atoms with E-state index in [1.807, 2.05) is 135 Å². The molecule has 0 unspecified atom stereocenters. The average molecular weight is 862 g/mol. The Morgan fingerprint density at radius 3 is 1.03 bits per heavy atom. The third kappa shape index (κ3) is 4.52. The van der Waals surface area contributed by atoms with Gasteiger partial charge in [0.1, 0.15) is 10.6 Å². The first-order chi connectivity index (χ1) is 29.3. The molecule has 0 bridgehead atoms. The van der Waals surface area contributed by atoms with Gasteiger partial charge in [0.05, 0.1) is 43.1 Å². The molecule has 6 aromatic carbocycles. The van der Waals surface area contributed by atoms with Crippen molar-refractivity contribution in [3.8, 4) is 44.8 Å². The Morgan fingerprint density at radius 1 is 0.393 bits per heavy atom. The molecule has 0 saturated heterocycles. The van der Waals surface area contributed by atoms with Crippen LogP contribution in [-0.4, -0.2) is 39.4 Å². The number of alkyl halides is 6. The monoisotopic (exact) mass is 861 g/mol. The summed E-state index contributed by atoms with van der Waals surface area (Å²) in [5, 5.41) is 7.61. The summed E-state index contributed by atoms with van der Waals surface area (Å²) in [4.78, 5) is 9.97. The van der Waals surface area contributed by atoms with E-state index in [0.717, 1.165) is 53.4 Å². The summed E-state index contributed by atoms with van der Waals surface area (Å²) in [6, 6.07) is 44.6. The van der Waals surface area contributed by atoms with E-state index >= 15 is 26.3 Å². The minimum Gasteiger partial charge on any atom is -0.256 e. The van der Waals surface area contributed by atoms with Gasteiger partial charge in [0.2, 0.25) is 0 Å². The Morgan fingerprint density at radius 2 is 0.705 bits per heavy atom. The van der Waals surface area contributed by atoms with E-state index in [1.54, 1.807) is 12.4 Å². The second-order valence-corrected chi connectivity index (χ2v) is 27.9. The second-order valence-electron chi connectivity index (χ2n) is 16.8. The Labute approximate surface area is 350 Å². The van der Waals surface area contributed by atoms with Gasteiger partial charge in [-0.3, -0.25) is 9.97 Å². The number of hydrogen-bond donors (Lipinski definition) is 0. The first-order valence-corrected chi connectivity index (χ1v) is 26.7. The first kappa shape index (κ1) is 36.9. The lowest BCUT2D eigenvalue weighted by Crippen LogP contribution is -2.71. The van der Waals surface area contributed by atoms with Gasteiger partial charge in [-0.2, -0.15) is 26.3 Å². The van der Waals surface area contributed by atoms with Crippen LogP contribution in [0.5, 0.6) is 0 Å². The van der Waals surface area contributed by atoms with Gasteiger partial charge in [-0.05, 0) is 100 Å². The number of halogens is 6. The average Bonchev–Trinajstić information content (AvgIpc) is 3.94. The number of benzene rings is 6. The number of hydrogen-bond acceptors (Lipinski definition) is 2. The zero-order valence-corrected chi connectivity index (χ0v) is 35.5. The number of nitrogens with zero attached hydrogens (tertiary/aromatic N) is 2. The van der Waals surface area contributed by atoms with E-state index in [9.17, 15) is 0 Å². The van der Waals surface area contributed by atoms with Crippen LogP contribution < -0.4 is 52.1 Å². The summed E-state index contributed by atoms with van der Waals surface area (Å²) in [6.45, 7) is 3.77. The van der Waals surface area contributed by atoms with Crippen LogP contribution >= 0.6 is 7.26 Å².